The summed E-state index contributed by atoms with van der Waals surface area (Å²) in [6.07, 6.45) is 3.77. The van der Waals surface area contributed by atoms with Gasteiger partial charge in [0, 0.05) is 45.5 Å². The number of hydrogen-bond donors (Lipinski definition) is 0. The molecule has 6 nitrogen and oxygen atoms in total. The van der Waals surface area contributed by atoms with Crippen molar-refractivity contribution in [1.29, 1.82) is 0 Å². The number of halogens is 1. The molecule has 0 aromatic carbocycles. The first-order valence-corrected chi connectivity index (χ1v) is 9.86. The van der Waals surface area contributed by atoms with Gasteiger partial charge in [0.15, 0.2) is 0 Å². The number of pyridine rings is 1. The summed E-state index contributed by atoms with van der Waals surface area (Å²) in [4.78, 5) is 6.35. The summed E-state index contributed by atoms with van der Waals surface area (Å²) < 4.78 is 28.8. The molecule has 23 heavy (non-hydrogen) atoms. The summed E-state index contributed by atoms with van der Waals surface area (Å²) in [6.45, 7) is 5.55. The Hall–Kier alpha value is -0.890. The minimum atomic E-state index is -3.35. The molecule has 128 valence electrons. The average Bonchev–Trinajstić information content (AvgIpc) is 2.55. The second-order valence-corrected chi connectivity index (χ2v) is 8.64. The third-order valence-electron chi connectivity index (χ3n) is 4.55. The van der Waals surface area contributed by atoms with Gasteiger partial charge in [0.2, 0.25) is 0 Å². The second-order valence-electron chi connectivity index (χ2n) is 6.31. The van der Waals surface area contributed by atoms with Crippen molar-refractivity contribution in [1.82, 2.24) is 13.6 Å². The summed E-state index contributed by atoms with van der Waals surface area (Å²) in [7, 11) is -3.35. The largest absolute Gasteiger partial charge is 0.353 e. The zero-order chi connectivity index (χ0) is 16.4. The first-order valence-electron chi connectivity index (χ1n) is 8.09. The normalized spacial score (nSPS) is 24.8. The summed E-state index contributed by atoms with van der Waals surface area (Å²) in [5.74, 6) is 1.17. The molecule has 1 atom stereocenters. The quantitative estimate of drug-likeness (QED) is 0.827. The third-order valence-corrected chi connectivity index (χ3v) is 6.85. The van der Waals surface area contributed by atoms with Crippen molar-refractivity contribution in [2.45, 2.75) is 19.8 Å². The Labute approximate surface area is 143 Å². The minimum Gasteiger partial charge on any atom is -0.353 e. The molecule has 2 aliphatic heterocycles. The van der Waals surface area contributed by atoms with Gasteiger partial charge in [0.25, 0.3) is 10.2 Å². The molecule has 0 amide bonds. The molecule has 2 aliphatic rings. The van der Waals surface area contributed by atoms with Gasteiger partial charge in [0.05, 0.1) is 5.02 Å². The standard InChI is InChI=1S/C15H23ClN4O2S/c1-13-4-3-7-20(12-13)23(21,22)19-10-8-18(9-11-19)15-14(16)5-2-6-17-15/h2,5-6,13H,3-4,7-12H2,1H3/t13-/m0/s1. The van der Waals surface area contributed by atoms with Crippen LogP contribution in [0.2, 0.25) is 5.02 Å². The van der Waals surface area contributed by atoms with E-state index < -0.39 is 10.2 Å². The summed E-state index contributed by atoms with van der Waals surface area (Å²) in [5.41, 5.74) is 0. The van der Waals surface area contributed by atoms with E-state index in [0.29, 0.717) is 50.2 Å². The monoisotopic (exact) mass is 358 g/mol. The van der Waals surface area contributed by atoms with E-state index in [0.717, 1.165) is 18.7 Å². The first-order chi connectivity index (χ1) is 11.0. The second kappa shape index (κ2) is 6.93. The Bertz CT molecular complexity index is 647. The van der Waals surface area contributed by atoms with Gasteiger partial charge in [0.1, 0.15) is 5.82 Å². The van der Waals surface area contributed by atoms with E-state index in [1.807, 2.05) is 11.0 Å². The number of piperidine rings is 1. The molecule has 3 rings (SSSR count). The molecule has 0 radical (unpaired) electrons. The van der Waals surface area contributed by atoms with Gasteiger partial charge in [-0.3, -0.25) is 0 Å². The number of hydrogen-bond acceptors (Lipinski definition) is 4. The topological polar surface area (TPSA) is 56.8 Å². The van der Waals surface area contributed by atoms with Gasteiger partial charge in [-0.15, -0.1) is 0 Å². The molecular weight excluding hydrogens is 336 g/mol. The van der Waals surface area contributed by atoms with Gasteiger partial charge in [-0.1, -0.05) is 18.5 Å². The van der Waals surface area contributed by atoms with Crippen LogP contribution in [0.5, 0.6) is 0 Å². The number of anilines is 1. The summed E-state index contributed by atoms with van der Waals surface area (Å²) in [6, 6.07) is 3.60. The average molecular weight is 359 g/mol. The van der Waals surface area contributed by atoms with E-state index in [9.17, 15) is 8.42 Å². The molecule has 0 spiro atoms. The lowest BCUT2D eigenvalue weighted by Gasteiger charge is -2.39. The maximum absolute atomic E-state index is 12.8. The number of piperazine rings is 1. The van der Waals surface area contributed by atoms with Crippen LogP contribution in [0.25, 0.3) is 0 Å². The van der Waals surface area contributed by atoms with Crippen molar-refractivity contribution < 1.29 is 8.42 Å². The fourth-order valence-corrected chi connectivity index (χ4v) is 5.25. The van der Waals surface area contributed by atoms with Crippen LogP contribution < -0.4 is 4.90 Å². The molecule has 0 saturated carbocycles. The van der Waals surface area contributed by atoms with Crippen LogP contribution in [0.4, 0.5) is 5.82 Å². The van der Waals surface area contributed by atoms with Gasteiger partial charge < -0.3 is 4.90 Å². The maximum atomic E-state index is 12.8. The Balaban J connectivity index is 1.65. The van der Waals surface area contributed by atoms with Crippen molar-refractivity contribution in [3.05, 3.63) is 23.4 Å². The molecular formula is C15H23ClN4O2S. The van der Waals surface area contributed by atoms with Gasteiger partial charge in [-0.05, 0) is 30.9 Å². The summed E-state index contributed by atoms with van der Waals surface area (Å²) in [5, 5.41) is 0.605. The van der Waals surface area contributed by atoms with Crippen molar-refractivity contribution in [2.24, 2.45) is 5.92 Å². The van der Waals surface area contributed by atoms with Crippen LogP contribution >= 0.6 is 11.6 Å². The van der Waals surface area contributed by atoms with E-state index >= 15 is 0 Å². The molecule has 2 fully saturated rings. The van der Waals surface area contributed by atoms with Crippen molar-refractivity contribution >= 4 is 27.6 Å². The van der Waals surface area contributed by atoms with E-state index in [1.165, 1.54) is 0 Å². The minimum absolute atomic E-state index is 0.437. The Morgan fingerprint density at radius 2 is 1.91 bits per heavy atom. The lowest BCUT2D eigenvalue weighted by molar-refractivity contribution is 0.254. The highest BCUT2D eigenvalue weighted by atomic mass is 35.5. The molecule has 0 aliphatic carbocycles. The van der Waals surface area contributed by atoms with E-state index in [-0.39, 0.29) is 0 Å². The molecule has 2 saturated heterocycles. The lowest BCUT2D eigenvalue weighted by Crippen LogP contribution is -2.54. The van der Waals surface area contributed by atoms with E-state index in [1.54, 1.807) is 20.9 Å². The molecule has 8 heteroatoms. The zero-order valence-electron chi connectivity index (χ0n) is 13.4. The number of aromatic nitrogens is 1. The van der Waals surface area contributed by atoms with Crippen LogP contribution in [0.1, 0.15) is 19.8 Å². The SMILES string of the molecule is C[C@H]1CCCN(S(=O)(=O)N2CCN(c3ncccc3Cl)CC2)C1. The van der Waals surface area contributed by atoms with Crippen LogP contribution in [0.3, 0.4) is 0 Å². The van der Waals surface area contributed by atoms with Gasteiger partial charge >= 0.3 is 0 Å². The Kier molecular flexibility index (Phi) is 5.10. The van der Waals surface area contributed by atoms with Crippen molar-refractivity contribution in [2.75, 3.05) is 44.2 Å². The molecule has 1 aromatic heterocycles. The van der Waals surface area contributed by atoms with E-state index in [2.05, 4.69) is 11.9 Å². The molecule has 1 aromatic rings. The Morgan fingerprint density at radius 1 is 1.17 bits per heavy atom. The first kappa shape index (κ1) is 17.0. The molecule has 0 unspecified atom stereocenters. The molecule has 3 heterocycles. The van der Waals surface area contributed by atoms with Crippen LogP contribution in [0, 0.1) is 5.92 Å². The fourth-order valence-electron chi connectivity index (χ4n) is 3.26. The fraction of sp³-hybridized carbons (Fsp3) is 0.667. The van der Waals surface area contributed by atoms with Crippen LogP contribution in [-0.4, -0.2) is 61.3 Å². The highest BCUT2D eigenvalue weighted by Crippen LogP contribution is 2.25. The van der Waals surface area contributed by atoms with Crippen LogP contribution in [0.15, 0.2) is 18.3 Å². The number of nitrogens with zero attached hydrogens (tertiary/aromatic N) is 4. The zero-order valence-corrected chi connectivity index (χ0v) is 14.9. The van der Waals surface area contributed by atoms with Gasteiger partial charge in [-0.2, -0.15) is 17.0 Å². The molecule has 0 bridgehead atoms. The summed E-state index contributed by atoms with van der Waals surface area (Å²) >= 11 is 6.18. The predicted octanol–water partition coefficient (Wildman–Crippen LogP) is 1.83. The van der Waals surface area contributed by atoms with Gasteiger partial charge in [-0.25, -0.2) is 4.98 Å². The smallest absolute Gasteiger partial charge is 0.282 e. The maximum Gasteiger partial charge on any atom is 0.282 e. The van der Waals surface area contributed by atoms with Crippen molar-refractivity contribution in [3.63, 3.8) is 0 Å². The lowest BCUT2D eigenvalue weighted by atomic mass is 10.0. The van der Waals surface area contributed by atoms with E-state index in [4.69, 9.17) is 11.6 Å². The van der Waals surface area contributed by atoms with Crippen molar-refractivity contribution in [3.8, 4) is 0 Å². The third kappa shape index (κ3) is 3.63. The highest BCUT2D eigenvalue weighted by molar-refractivity contribution is 7.86. The Morgan fingerprint density at radius 3 is 2.57 bits per heavy atom. The number of rotatable bonds is 3. The van der Waals surface area contributed by atoms with Crippen LogP contribution in [-0.2, 0) is 10.2 Å². The highest BCUT2D eigenvalue weighted by Gasteiger charge is 2.34. The predicted molar refractivity (Wildman–Crippen MR) is 91.9 cm³/mol. The molecule has 0 N–H and O–H groups in total.